The van der Waals surface area contributed by atoms with Crippen molar-refractivity contribution in [3.8, 4) is 0 Å². The fourth-order valence-corrected chi connectivity index (χ4v) is 3.03. The summed E-state index contributed by atoms with van der Waals surface area (Å²) < 4.78 is 2.14. The van der Waals surface area contributed by atoms with Crippen molar-refractivity contribution in [1.29, 1.82) is 0 Å². The molecular weight excluding hydrogens is 250 g/mol. The number of likely N-dealkylation sites (tertiary alicyclic amines) is 1. The van der Waals surface area contributed by atoms with E-state index in [1.54, 1.807) is 6.20 Å². The van der Waals surface area contributed by atoms with Gasteiger partial charge in [0.15, 0.2) is 0 Å². The minimum atomic E-state index is 0.0647. The summed E-state index contributed by atoms with van der Waals surface area (Å²) in [7, 11) is 0. The molecule has 1 unspecified atom stereocenters. The van der Waals surface area contributed by atoms with Gasteiger partial charge in [-0.15, -0.1) is 0 Å². The zero-order valence-corrected chi connectivity index (χ0v) is 11.7. The lowest BCUT2D eigenvalue weighted by molar-refractivity contribution is 0.164. The molecule has 20 heavy (non-hydrogen) atoms. The molecule has 1 aromatic carbocycles. The van der Waals surface area contributed by atoms with Crippen LogP contribution in [0.4, 0.5) is 0 Å². The molecule has 0 saturated carbocycles. The molecule has 4 heteroatoms. The molecule has 0 bridgehead atoms. The summed E-state index contributed by atoms with van der Waals surface area (Å²) in [6.45, 7) is 3.24. The number of aliphatic hydroxyl groups is 1. The van der Waals surface area contributed by atoms with Crippen LogP contribution in [0.2, 0.25) is 0 Å². The Labute approximate surface area is 119 Å². The molecule has 1 fully saturated rings. The number of hydrogen-bond donors (Lipinski definition) is 1. The zero-order valence-electron chi connectivity index (χ0n) is 11.7. The molecule has 106 valence electrons. The molecule has 2 heterocycles. The average molecular weight is 271 g/mol. The van der Waals surface area contributed by atoms with E-state index in [1.165, 1.54) is 12.0 Å². The van der Waals surface area contributed by atoms with Gasteiger partial charge in [-0.05, 0) is 24.9 Å². The number of hydrogen-bond acceptors (Lipinski definition) is 3. The van der Waals surface area contributed by atoms with Gasteiger partial charge in [0, 0.05) is 19.1 Å². The Hall–Kier alpha value is -1.65. The topological polar surface area (TPSA) is 41.3 Å². The normalized spacial score (nSPS) is 20.1. The summed E-state index contributed by atoms with van der Waals surface area (Å²) in [5, 5.41) is 9.36. The summed E-state index contributed by atoms with van der Waals surface area (Å²) in [6.07, 6.45) is 5.97. The van der Waals surface area contributed by atoms with E-state index in [9.17, 15) is 5.11 Å². The maximum Gasteiger partial charge on any atom is 0.0951 e. The summed E-state index contributed by atoms with van der Waals surface area (Å²) >= 11 is 0. The van der Waals surface area contributed by atoms with Crippen LogP contribution in [-0.2, 0) is 13.2 Å². The van der Waals surface area contributed by atoms with Crippen LogP contribution in [0.15, 0.2) is 42.9 Å². The number of nitrogens with zero attached hydrogens (tertiary/aromatic N) is 3. The summed E-state index contributed by atoms with van der Waals surface area (Å²) in [5.41, 5.74) is 2.28. The van der Waals surface area contributed by atoms with E-state index in [4.69, 9.17) is 0 Å². The van der Waals surface area contributed by atoms with Gasteiger partial charge in [-0.3, -0.25) is 4.90 Å². The van der Waals surface area contributed by atoms with Gasteiger partial charge in [0.2, 0.25) is 0 Å². The third kappa shape index (κ3) is 2.92. The Morgan fingerprint density at radius 2 is 2.10 bits per heavy atom. The Morgan fingerprint density at radius 1 is 1.25 bits per heavy atom. The molecule has 0 spiro atoms. The van der Waals surface area contributed by atoms with E-state index in [2.05, 4.69) is 44.8 Å². The van der Waals surface area contributed by atoms with Crippen LogP contribution in [0.5, 0.6) is 0 Å². The van der Waals surface area contributed by atoms with Crippen LogP contribution >= 0.6 is 0 Å². The van der Waals surface area contributed by atoms with Crippen molar-refractivity contribution in [3.63, 3.8) is 0 Å². The largest absolute Gasteiger partial charge is 0.390 e. The first-order chi connectivity index (χ1) is 9.86. The number of aromatic nitrogens is 2. The fourth-order valence-electron chi connectivity index (χ4n) is 3.03. The number of benzene rings is 1. The lowest BCUT2D eigenvalue weighted by atomic mass is 10.0. The number of aliphatic hydroxyl groups excluding tert-OH is 1. The van der Waals surface area contributed by atoms with Crippen molar-refractivity contribution in [2.24, 2.45) is 0 Å². The van der Waals surface area contributed by atoms with Crippen LogP contribution in [0.3, 0.4) is 0 Å². The third-order valence-corrected chi connectivity index (χ3v) is 4.03. The maximum atomic E-state index is 9.36. The van der Waals surface area contributed by atoms with Gasteiger partial charge in [0.25, 0.3) is 0 Å². The van der Waals surface area contributed by atoms with E-state index in [0.29, 0.717) is 6.04 Å². The highest BCUT2D eigenvalue weighted by atomic mass is 16.3. The molecule has 1 saturated heterocycles. The first-order valence-corrected chi connectivity index (χ1v) is 7.24. The monoisotopic (exact) mass is 271 g/mol. The lowest BCUT2D eigenvalue weighted by Gasteiger charge is -2.34. The number of imidazole rings is 1. The average Bonchev–Trinajstić information content (AvgIpc) is 2.97. The highest BCUT2D eigenvalue weighted by molar-refractivity contribution is 5.14. The van der Waals surface area contributed by atoms with Crippen LogP contribution in [0.25, 0.3) is 0 Å². The second-order valence-electron chi connectivity index (χ2n) is 5.47. The highest BCUT2D eigenvalue weighted by Crippen LogP contribution is 2.24. The molecule has 0 amide bonds. The predicted molar refractivity (Wildman–Crippen MR) is 78.1 cm³/mol. The quantitative estimate of drug-likeness (QED) is 0.927. The summed E-state index contributed by atoms with van der Waals surface area (Å²) in [4.78, 5) is 6.65. The number of rotatable bonds is 4. The smallest absolute Gasteiger partial charge is 0.0951 e. The molecule has 0 radical (unpaired) electrons. The highest BCUT2D eigenvalue weighted by Gasteiger charge is 2.22. The van der Waals surface area contributed by atoms with Crippen molar-refractivity contribution in [2.75, 3.05) is 13.1 Å². The van der Waals surface area contributed by atoms with Gasteiger partial charge < -0.3 is 9.67 Å². The fraction of sp³-hybridized carbons (Fsp3) is 0.438. The predicted octanol–water partition coefficient (Wildman–Crippen LogP) is 2.21. The minimum Gasteiger partial charge on any atom is -0.390 e. The molecule has 4 nitrogen and oxygen atoms in total. The summed E-state index contributed by atoms with van der Waals surface area (Å²) in [6, 6.07) is 11.0. The maximum absolute atomic E-state index is 9.36. The van der Waals surface area contributed by atoms with E-state index in [0.717, 1.165) is 31.7 Å². The van der Waals surface area contributed by atoms with Crippen LogP contribution in [0, 0.1) is 0 Å². The number of piperidine rings is 1. The molecule has 0 aliphatic carbocycles. The Morgan fingerprint density at radius 3 is 2.90 bits per heavy atom. The van der Waals surface area contributed by atoms with E-state index in [-0.39, 0.29) is 6.61 Å². The first-order valence-electron chi connectivity index (χ1n) is 7.24. The lowest BCUT2D eigenvalue weighted by Crippen LogP contribution is -2.36. The molecular formula is C16H21N3O. The van der Waals surface area contributed by atoms with Crippen LogP contribution in [0.1, 0.15) is 30.1 Å². The van der Waals surface area contributed by atoms with Crippen molar-refractivity contribution in [1.82, 2.24) is 14.5 Å². The minimum absolute atomic E-state index is 0.0647. The van der Waals surface area contributed by atoms with Gasteiger partial charge in [0.1, 0.15) is 0 Å². The zero-order chi connectivity index (χ0) is 13.8. The van der Waals surface area contributed by atoms with Crippen molar-refractivity contribution < 1.29 is 5.11 Å². The molecule has 2 aromatic rings. The SMILES string of the molecule is OCc1cncn1C1CCCN(Cc2ccccc2)C1. The van der Waals surface area contributed by atoms with Gasteiger partial charge in [0.05, 0.1) is 24.8 Å². The Kier molecular flexibility index (Phi) is 4.14. The Bertz CT molecular complexity index is 538. The van der Waals surface area contributed by atoms with Crippen molar-refractivity contribution >= 4 is 0 Å². The van der Waals surface area contributed by atoms with Crippen LogP contribution in [-0.4, -0.2) is 32.6 Å². The second-order valence-corrected chi connectivity index (χ2v) is 5.47. The van der Waals surface area contributed by atoms with Gasteiger partial charge in [-0.25, -0.2) is 4.98 Å². The third-order valence-electron chi connectivity index (χ3n) is 4.03. The molecule has 1 N–H and O–H groups in total. The van der Waals surface area contributed by atoms with E-state index < -0.39 is 0 Å². The van der Waals surface area contributed by atoms with E-state index in [1.807, 2.05) is 6.33 Å². The van der Waals surface area contributed by atoms with Crippen molar-refractivity contribution in [3.05, 3.63) is 54.1 Å². The second kappa shape index (κ2) is 6.20. The van der Waals surface area contributed by atoms with Gasteiger partial charge in [-0.2, -0.15) is 0 Å². The summed E-state index contributed by atoms with van der Waals surface area (Å²) in [5.74, 6) is 0. The van der Waals surface area contributed by atoms with Gasteiger partial charge >= 0.3 is 0 Å². The molecule has 1 aliphatic heterocycles. The first kappa shape index (κ1) is 13.3. The molecule has 1 atom stereocenters. The molecule has 1 aliphatic rings. The molecule has 1 aromatic heterocycles. The van der Waals surface area contributed by atoms with Crippen LogP contribution < -0.4 is 0 Å². The molecule has 3 rings (SSSR count). The Balaban J connectivity index is 1.68. The van der Waals surface area contributed by atoms with Gasteiger partial charge in [-0.1, -0.05) is 30.3 Å². The standard InChI is InChI=1S/C16H21N3O/c20-12-16-9-17-13-19(16)15-7-4-8-18(11-15)10-14-5-2-1-3-6-14/h1-3,5-6,9,13,15,20H,4,7-8,10-12H2. The van der Waals surface area contributed by atoms with Crippen molar-refractivity contribution in [2.45, 2.75) is 32.0 Å². The van der Waals surface area contributed by atoms with E-state index >= 15 is 0 Å².